The van der Waals surface area contributed by atoms with Gasteiger partial charge in [-0.3, -0.25) is 9.59 Å². The maximum atomic E-state index is 14.2. The van der Waals surface area contributed by atoms with Gasteiger partial charge in [0.1, 0.15) is 6.61 Å². The van der Waals surface area contributed by atoms with Crippen LogP contribution < -0.4 is 10.6 Å². The van der Waals surface area contributed by atoms with Gasteiger partial charge in [0, 0.05) is 18.9 Å². The number of aliphatic carboxylic acids is 1. The number of hydrogen-bond acceptors (Lipinski definition) is 4. The van der Waals surface area contributed by atoms with Gasteiger partial charge in [0.25, 0.3) is 5.91 Å². The maximum Gasteiger partial charge on any atom is 0.407 e. The monoisotopic (exact) mass is 472 g/mol. The molecule has 1 saturated carbocycles. The molecule has 7 nitrogen and oxygen atoms in total. The van der Waals surface area contributed by atoms with Gasteiger partial charge in [-0.2, -0.15) is 8.78 Å². The number of alkyl halides is 2. The Balaban J connectivity index is 1.22. The fourth-order valence-corrected chi connectivity index (χ4v) is 4.73. The summed E-state index contributed by atoms with van der Waals surface area (Å²) in [7, 11) is 0. The van der Waals surface area contributed by atoms with Gasteiger partial charge in [-0.15, -0.1) is 0 Å². The van der Waals surface area contributed by atoms with Gasteiger partial charge >= 0.3 is 18.0 Å². The van der Waals surface area contributed by atoms with Crippen LogP contribution in [0, 0.1) is 11.8 Å². The molecule has 180 valence electrons. The molecule has 0 spiro atoms. The minimum Gasteiger partial charge on any atom is -0.481 e. The van der Waals surface area contributed by atoms with Gasteiger partial charge < -0.3 is 20.5 Å². The number of hydrogen-bond donors (Lipinski definition) is 3. The van der Waals surface area contributed by atoms with E-state index in [0.717, 1.165) is 22.3 Å². The molecule has 2 amide bonds. The van der Waals surface area contributed by atoms with Gasteiger partial charge in [0.15, 0.2) is 0 Å². The van der Waals surface area contributed by atoms with Crippen LogP contribution in [0.15, 0.2) is 48.5 Å². The SMILES string of the molecule is O=C(O)CC1CC(CNC(=O)C(F)(F)CNC(=O)OCC2c3ccccc3-c3ccccc32)C1. The van der Waals surface area contributed by atoms with Crippen molar-refractivity contribution < 1.29 is 33.0 Å². The fourth-order valence-electron chi connectivity index (χ4n) is 4.73. The Morgan fingerprint density at radius 1 is 0.941 bits per heavy atom. The van der Waals surface area contributed by atoms with Gasteiger partial charge in [0.2, 0.25) is 0 Å². The number of nitrogens with one attached hydrogen (secondary N) is 2. The number of carboxylic acids is 1. The van der Waals surface area contributed by atoms with Crippen LogP contribution in [0.5, 0.6) is 0 Å². The van der Waals surface area contributed by atoms with E-state index in [9.17, 15) is 23.2 Å². The molecule has 0 bridgehead atoms. The lowest BCUT2D eigenvalue weighted by Crippen LogP contribution is -2.50. The molecule has 34 heavy (non-hydrogen) atoms. The maximum absolute atomic E-state index is 14.2. The minimum absolute atomic E-state index is 0.0146. The number of carboxylic acid groups (broad SMARTS) is 1. The Kier molecular flexibility index (Phi) is 6.81. The van der Waals surface area contributed by atoms with Crippen molar-refractivity contribution in [2.45, 2.75) is 31.1 Å². The summed E-state index contributed by atoms with van der Waals surface area (Å²) in [6.07, 6.45) is 0.182. The van der Waals surface area contributed by atoms with Crippen molar-refractivity contribution in [2.75, 3.05) is 19.7 Å². The number of benzene rings is 2. The lowest BCUT2D eigenvalue weighted by atomic mass is 9.73. The van der Waals surface area contributed by atoms with E-state index < -0.39 is 30.4 Å². The van der Waals surface area contributed by atoms with Crippen molar-refractivity contribution in [2.24, 2.45) is 11.8 Å². The summed E-state index contributed by atoms with van der Waals surface area (Å²) >= 11 is 0. The molecule has 3 N–H and O–H groups in total. The topological polar surface area (TPSA) is 105 Å². The van der Waals surface area contributed by atoms with Crippen LogP contribution in [-0.4, -0.2) is 48.7 Å². The van der Waals surface area contributed by atoms with Crippen molar-refractivity contribution in [3.8, 4) is 11.1 Å². The van der Waals surface area contributed by atoms with Gasteiger partial charge in [0.05, 0.1) is 6.54 Å². The Morgan fingerprint density at radius 2 is 1.53 bits per heavy atom. The first-order valence-electron chi connectivity index (χ1n) is 11.2. The lowest BCUT2D eigenvalue weighted by Gasteiger charge is -2.34. The Hall–Kier alpha value is -3.49. The molecule has 4 rings (SSSR count). The van der Waals surface area contributed by atoms with Crippen LogP contribution in [0.3, 0.4) is 0 Å². The lowest BCUT2D eigenvalue weighted by molar-refractivity contribution is -0.145. The predicted molar refractivity (Wildman–Crippen MR) is 119 cm³/mol. The minimum atomic E-state index is -3.80. The van der Waals surface area contributed by atoms with E-state index in [0.29, 0.717) is 12.8 Å². The van der Waals surface area contributed by atoms with E-state index in [4.69, 9.17) is 9.84 Å². The van der Waals surface area contributed by atoms with Gasteiger partial charge in [-0.1, -0.05) is 48.5 Å². The molecule has 2 aliphatic carbocycles. The molecule has 0 aliphatic heterocycles. The molecule has 0 unspecified atom stereocenters. The highest BCUT2D eigenvalue weighted by Crippen LogP contribution is 2.44. The summed E-state index contributed by atoms with van der Waals surface area (Å²) in [6, 6.07) is 15.5. The molecule has 0 aromatic heterocycles. The largest absolute Gasteiger partial charge is 0.481 e. The van der Waals surface area contributed by atoms with E-state index in [1.807, 2.05) is 53.8 Å². The Bertz CT molecular complexity index is 1040. The number of amides is 2. The second-order valence-electron chi connectivity index (χ2n) is 8.89. The zero-order valence-corrected chi connectivity index (χ0v) is 18.4. The third-order valence-corrected chi connectivity index (χ3v) is 6.48. The summed E-state index contributed by atoms with van der Waals surface area (Å²) in [5.74, 6) is -6.36. The second kappa shape index (κ2) is 9.79. The average Bonchev–Trinajstić information content (AvgIpc) is 3.11. The number of alkyl carbamates (subject to hydrolysis) is 1. The van der Waals surface area contributed by atoms with E-state index in [-0.39, 0.29) is 37.3 Å². The smallest absolute Gasteiger partial charge is 0.407 e. The standard InChI is InChI=1S/C25H26F2N2O5/c26-25(27,23(32)28-12-16-9-15(10-16)11-22(30)31)14-29-24(33)34-13-21-19-7-3-1-5-17(19)18-6-2-4-8-20(18)21/h1-8,15-16,21H,9-14H2,(H,28,32)(H,29,33)(H,30,31). The van der Waals surface area contributed by atoms with E-state index in [2.05, 4.69) is 5.32 Å². The number of fused-ring (bicyclic) bond motifs is 3. The molecule has 0 radical (unpaired) electrons. The number of ether oxygens (including phenoxy) is 1. The van der Waals surface area contributed by atoms with Crippen LogP contribution in [0.25, 0.3) is 11.1 Å². The van der Waals surface area contributed by atoms with E-state index >= 15 is 0 Å². The zero-order chi connectivity index (χ0) is 24.3. The molecule has 0 saturated heterocycles. The third kappa shape index (κ3) is 5.18. The van der Waals surface area contributed by atoms with Crippen molar-refractivity contribution >= 4 is 18.0 Å². The molecule has 1 fully saturated rings. The van der Waals surface area contributed by atoms with Crippen molar-refractivity contribution in [3.63, 3.8) is 0 Å². The predicted octanol–water partition coefficient (Wildman–Crippen LogP) is 3.78. The normalized spacial score (nSPS) is 18.9. The van der Waals surface area contributed by atoms with E-state index in [1.165, 1.54) is 0 Å². The van der Waals surface area contributed by atoms with Gasteiger partial charge in [-0.25, -0.2) is 4.79 Å². The third-order valence-electron chi connectivity index (χ3n) is 6.48. The number of rotatable bonds is 9. The molecule has 0 atom stereocenters. The molecule has 2 aliphatic rings. The molecule has 9 heteroatoms. The van der Waals surface area contributed by atoms with Crippen molar-refractivity contribution in [3.05, 3.63) is 59.7 Å². The van der Waals surface area contributed by atoms with Gasteiger partial charge in [-0.05, 0) is 46.9 Å². The molecule has 2 aromatic rings. The van der Waals surface area contributed by atoms with Crippen LogP contribution in [0.4, 0.5) is 13.6 Å². The molecular weight excluding hydrogens is 446 g/mol. The highest BCUT2D eigenvalue weighted by Gasteiger charge is 2.40. The van der Waals surface area contributed by atoms with Crippen molar-refractivity contribution in [1.82, 2.24) is 10.6 Å². The fraction of sp³-hybridized carbons (Fsp3) is 0.400. The summed E-state index contributed by atoms with van der Waals surface area (Å²) in [5, 5.41) is 12.9. The average molecular weight is 472 g/mol. The van der Waals surface area contributed by atoms with Crippen molar-refractivity contribution in [1.29, 1.82) is 0 Å². The summed E-state index contributed by atoms with van der Waals surface area (Å²) < 4.78 is 33.6. The molecule has 0 heterocycles. The highest BCUT2D eigenvalue weighted by atomic mass is 19.3. The van der Waals surface area contributed by atoms with Crippen LogP contribution >= 0.6 is 0 Å². The zero-order valence-electron chi connectivity index (χ0n) is 18.4. The number of halogens is 2. The quantitative estimate of drug-likeness (QED) is 0.515. The Morgan fingerprint density at radius 3 is 2.12 bits per heavy atom. The Labute approximate surface area is 195 Å². The summed E-state index contributed by atoms with van der Waals surface area (Å²) in [4.78, 5) is 34.6. The van der Waals surface area contributed by atoms with Crippen LogP contribution in [0.2, 0.25) is 0 Å². The van der Waals surface area contributed by atoms with E-state index in [1.54, 1.807) is 0 Å². The highest BCUT2D eigenvalue weighted by molar-refractivity contribution is 5.84. The number of carbonyl (C=O) groups is 3. The van der Waals surface area contributed by atoms with Crippen LogP contribution in [-0.2, 0) is 14.3 Å². The number of carbonyl (C=O) groups excluding carboxylic acids is 2. The first-order valence-corrected chi connectivity index (χ1v) is 11.2. The molecular formula is C25H26F2N2O5. The summed E-state index contributed by atoms with van der Waals surface area (Å²) in [6.45, 7) is -1.14. The first-order chi connectivity index (χ1) is 16.2. The molecule has 2 aromatic carbocycles. The first kappa shape index (κ1) is 23.7. The summed E-state index contributed by atoms with van der Waals surface area (Å²) in [5.41, 5.74) is 4.11. The second-order valence-corrected chi connectivity index (χ2v) is 8.89. The van der Waals surface area contributed by atoms with Crippen LogP contribution in [0.1, 0.15) is 36.3 Å².